The lowest BCUT2D eigenvalue weighted by Gasteiger charge is -2.23. The maximum Gasteiger partial charge on any atom is 0.241 e. The van der Waals surface area contributed by atoms with Gasteiger partial charge in [-0.25, -0.2) is 0 Å². The first-order valence-electron chi connectivity index (χ1n) is 8.47. The molecule has 2 aromatic carbocycles. The summed E-state index contributed by atoms with van der Waals surface area (Å²) < 4.78 is 0. The second kappa shape index (κ2) is 9.02. The number of carbonyl (C=O) groups is 1. The summed E-state index contributed by atoms with van der Waals surface area (Å²) in [7, 11) is 5.25. The number of nitrogens with one attached hydrogen (secondary N) is 1. The van der Waals surface area contributed by atoms with Crippen LogP contribution in [0.5, 0.6) is 0 Å². The van der Waals surface area contributed by atoms with Crippen LogP contribution in [0.4, 0.5) is 5.69 Å². The topological polar surface area (TPSA) is 47.9 Å². The first-order chi connectivity index (χ1) is 12.1. The average molecular weight is 464 g/mol. The highest BCUT2D eigenvalue weighted by molar-refractivity contribution is 14.0. The largest absolute Gasteiger partial charge is 0.347 e. The number of likely N-dealkylation sites (N-methyl/N-ethyl adjacent to an activating group) is 1. The second-order valence-electron chi connectivity index (χ2n) is 6.30. The molecule has 3 rings (SSSR count). The lowest BCUT2D eigenvalue weighted by atomic mass is 10.0. The van der Waals surface area contributed by atoms with Gasteiger partial charge < -0.3 is 15.1 Å². The Morgan fingerprint density at radius 3 is 2.54 bits per heavy atom. The van der Waals surface area contributed by atoms with E-state index in [1.54, 1.807) is 26.0 Å². The molecule has 0 aliphatic carbocycles. The molecule has 0 saturated carbocycles. The molecule has 1 aliphatic heterocycles. The third kappa shape index (κ3) is 4.35. The molecule has 1 N–H and O–H groups in total. The average Bonchev–Trinajstić information content (AvgIpc) is 3.06. The molecule has 5 nitrogen and oxygen atoms in total. The fourth-order valence-electron chi connectivity index (χ4n) is 3.04. The Kier molecular flexibility index (Phi) is 7.02. The Bertz CT molecular complexity index is 790. The van der Waals surface area contributed by atoms with E-state index >= 15 is 0 Å². The summed E-state index contributed by atoms with van der Waals surface area (Å²) in [4.78, 5) is 19.9. The fraction of sp³-hybridized carbons (Fsp3) is 0.300. The molecule has 138 valence electrons. The van der Waals surface area contributed by atoms with Crippen LogP contribution in [0.25, 0.3) is 11.1 Å². The van der Waals surface area contributed by atoms with Crippen molar-refractivity contribution in [2.75, 3.05) is 39.1 Å². The number of nitrogens with zero attached hydrogens (tertiary/aromatic N) is 3. The molecule has 0 bridgehead atoms. The third-order valence-electron chi connectivity index (χ3n) is 4.45. The van der Waals surface area contributed by atoms with Crippen molar-refractivity contribution < 1.29 is 4.79 Å². The van der Waals surface area contributed by atoms with E-state index in [1.807, 2.05) is 6.07 Å². The lowest BCUT2D eigenvalue weighted by molar-refractivity contribution is -0.127. The van der Waals surface area contributed by atoms with Crippen molar-refractivity contribution in [2.45, 2.75) is 6.42 Å². The van der Waals surface area contributed by atoms with E-state index in [0.29, 0.717) is 0 Å². The van der Waals surface area contributed by atoms with Crippen LogP contribution in [0.2, 0.25) is 0 Å². The molecule has 2 aromatic rings. The molecule has 0 radical (unpaired) electrons. The summed E-state index contributed by atoms with van der Waals surface area (Å²) in [5.74, 6) is 0.765. The van der Waals surface area contributed by atoms with Crippen LogP contribution in [0, 0.1) is 0 Å². The highest BCUT2D eigenvalue weighted by Crippen LogP contribution is 2.32. The molecule has 0 atom stereocenters. The van der Waals surface area contributed by atoms with Gasteiger partial charge in [-0.05, 0) is 35.2 Å². The molecule has 0 saturated heterocycles. The van der Waals surface area contributed by atoms with Gasteiger partial charge in [0.2, 0.25) is 5.91 Å². The van der Waals surface area contributed by atoms with E-state index in [9.17, 15) is 4.79 Å². The highest BCUT2D eigenvalue weighted by atomic mass is 127. The smallest absolute Gasteiger partial charge is 0.241 e. The first-order valence-corrected chi connectivity index (χ1v) is 8.47. The van der Waals surface area contributed by atoms with Crippen molar-refractivity contribution in [2.24, 2.45) is 4.99 Å². The third-order valence-corrected chi connectivity index (χ3v) is 4.45. The molecule has 0 fully saturated rings. The minimum atomic E-state index is 0. The van der Waals surface area contributed by atoms with E-state index < -0.39 is 0 Å². The van der Waals surface area contributed by atoms with Gasteiger partial charge in [0.1, 0.15) is 0 Å². The normalized spacial score (nSPS) is 13.0. The molecule has 0 aromatic heterocycles. The summed E-state index contributed by atoms with van der Waals surface area (Å²) in [5.41, 5.74) is 4.92. The maximum absolute atomic E-state index is 11.8. The van der Waals surface area contributed by atoms with E-state index in [0.717, 1.165) is 24.6 Å². The SMILES string of the molecule is CN=C(NCC(=O)N(C)C)N1CCc2cc(-c3ccccc3)ccc21.I. The van der Waals surface area contributed by atoms with E-state index in [2.05, 4.69) is 57.7 Å². The Labute approximate surface area is 172 Å². The van der Waals surface area contributed by atoms with Gasteiger partial charge in [0.05, 0.1) is 6.54 Å². The molecular formula is C20H25IN4O. The van der Waals surface area contributed by atoms with E-state index in [1.165, 1.54) is 16.7 Å². The summed E-state index contributed by atoms with van der Waals surface area (Å²) >= 11 is 0. The molecular weight excluding hydrogens is 439 g/mol. The molecule has 0 unspecified atom stereocenters. The van der Waals surface area contributed by atoms with Gasteiger partial charge in [-0.3, -0.25) is 9.79 Å². The predicted octanol–water partition coefficient (Wildman–Crippen LogP) is 3.00. The predicted molar refractivity (Wildman–Crippen MR) is 118 cm³/mol. The van der Waals surface area contributed by atoms with Crippen LogP contribution >= 0.6 is 24.0 Å². The Morgan fingerprint density at radius 2 is 1.88 bits per heavy atom. The zero-order valence-corrected chi connectivity index (χ0v) is 17.7. The van der Waals surface area contributed by atoms with Gasteiger partial charge in [0.15, 0.2) is 5.96 Å². The highest BCUT2D eigenvalue weighted by Gasteiger charge is 2.23. The van der Waals surface area contributed by atoms with Crippen LogP contribution in [0.3, 0.4) is 0 Å². The molecule has 1 heterocycles. The number of fused-ring (bicyclic) bond motifs is 1. The number of hydrogen-bond donors (Lipinski definition) is 1. The molecule has 6 heteroatoms. The van der Waals surface area contributed by atoms with Crippen LogP contribution in [0.15, 0.2) is 53.5 Å². The zero-order chi connectivity index (χ0) is 17.8. The van der Waals surface area contributed by atoms with Crippen molar-refractivity contribution >= 4 is 41.5 Å². The van der Waals surface area contributed by atoms with Gasteiger partial charge in [-0.15, -0.1) is 24.0 Å². The minimum absolute atomic E-state index is 0. The molecule has 1 amide bonds. The van der Waals surface area contributed by atoms with Crippen molar-refractivity contribution in [3.05, 3.63) is 54.1 Å². The number of carbonyl (C=O) groups excluding carboxylic acids is 1. The number of halogens is 1. The zero-order valence-electron chi connectivity index (χ0n) is 15.4. The van der Waals surface area contributed by atoms with Crippen molar-refractivity contribution in [1.82, 2.24) is 10.2 Å². The standard InChI is InChI=1S/C20H24N4O.HI/c1-21-20(22-14-19(25)23(2)3)24-12-11-17-13-16(9-10-18(17)24)15-7-5-4-6-8-15;/h4-10,13H,11-12,14H2,1-3H3,(H,21,22);1H. The van der Waals surface area contributed by atoms with Crippen molar-refractivity contribution in [3.8, 4) is 11.1 Å². The van der Waals surface area contributed by atoms with Crippen LogP contribution < -0.4 is 10.2 Å². The second-order valence-corrected chi connectivity index (χ2v) is 6.30. The van der Waals surface area contributed by atoms with Crippen LogP contribution in [-0.2, 0) is 11.2 Å². The number of rotatable bonds is 3. The Hall–Kier alpha value is -2.09. The van der Waals surface area contributed by atoms with Gasteiger partial charge in [-0.1, -0.05) is 36.4 Å². The maximum atomic E-state index is 11.8. The number of guanidine groups is 1. The summed E-state index contributed by atoms with van der Waals surface area (Å²) in [6.45, 7) is 1.11. The Morgan fingerprint density at radius 1 is 1.15 bits per heavy atom. The van der Waals surface area contributed by atoms with Gasteiger partial charge in [0.25, 0.3) is 0 Å². The van der Waals surface area contributed by atoms with Crippen LogP contribution in [0.1, 0.15) is 5.56 Å². The number of amides is 1. The summed E-state index contributed by atoms with van der Waals surface area (Å²) in [6, 6.07) is 16.9. The van der Waals surface area contributed by atoms with Gasteiger partial charge in [0, 0.05) is 33.4 Å². The summed E-state index contributed by atoms with van der Waals surface area (Å²) in [6.07, 6.45) is 0.971. The van der Waals surface area contributed by atoms with Gasteiger partial charge >= 0.3 is 0 Å². The number of aliphatic imine (C=N–C) groups is 1. The molecule has 26 heavy (non-hydrogen) atoms. The van der Waals surface area contributed by atoms with Crippen molar-refractivity contribution in [1.29, 1.82) is 0 Å². The first kappa shape index (κ1) is 20.2. The van der Waals surface area contributed by atoms with Crippen molar-refractivity contribution in [3.63, 3.8) is 0 Å². The van der Waals surface area contributed by atoms with E-state index in [-0.39, 0.29) is 36.4 Å². The van der Waals surface area contributed by atoms with E-state index in [4.69, 9.17) is 0 Å². The number of anilines is 1. The molecule has 1 aliphatic rings. The lowest BCUT2D eigenvalue weighted by Crippen LogP contribution is -2.44. The number of hydrogen-bond acceptors (Lipinski definition) is 2. The fourth-order valence-corrected chi connectivity index (χ4v) is 3.04. The van der Waals surface area contributed by atoms with Gasteiger partial charge in [-0.2, -0.15) is 0 Å². The minimum Gasteiger partial charge on any atom is -0.347 e. The quantitative estimate of drug-likeness (QED) is 0.432. The monoisotopic (exact) mass is 464 g/mol. The van der Waals surface area contributed by atoms with Crippen LogP contribution in [-0.4, -0.2) is 51.0 Å². The Balaban J connectivity index is 0.00000243. The number of benzene rings is 2. The summed E-state index contributed by atoms with van der Waals surface area (Å²) in [5, 5.41) is 3.16. The molecule has 0 spiro atoms.